The van der Waals surface area contributed by atoms with E-state index in [1.807, 2.05) is 0 Å². The van der Waals surface area contributed by atoms with Crippen LogP contribution in [0.5, 0.6) is 0 Å². The first-order valence-electron chi connectivity index (χ1n) is 8.03. The van der Waals surface area contributed by atoms with Crippen molar-refractivity contribution in [1.29, 1.82) is 0 Å². The van der Waals surface area contributed by atoms with Gasteiger partial charge < -0.3 is 4.74 Å². The van der Waals surface area contributed by atoms with E-state index in [0.29, 0.717) is 5.41 Å². The van der Waals surface area contributed by atoms with Crippen LogP contribution in [0, 0.1) is 11.3 Å². The average molecular weight is 270 g/mol. The molecule has 0 aromatic carbocycles. The molecular weight excluding hydrogens is 240 g/mol. The second-order valence-electron chi connectivity index (χ2n) is 6.59. The Balaban J connectivity index is 1.71. The molecule has 106 valence electrons. The predicted octanol–water partition coefficient (Wildman–Crippen LogP) is 4.85. The van der Waals surface area contributed by atoms with Gasteiger partial charge in [-0.15, -0.1) is 0 Å². The van der Waals surface area contributed by atoms with Gasteiger partial charge in [0, 0.05) is 12.0 Å². The van der Waals surface area contributed by atoms with E-state index in [-0.39, 0.29) is 0 Å². The van der Waals surface area contributed by atoms with Crippen molar-refractivity contribution < 1.29 is 4.74 Å². The molecule has 0 aromatic heterocycles. The second-order valence-corrected chi connectivity index (χ2v) is 6.91. The molecule has 0 N–H and O–H groups in total. The van der Waals surface area contributed by atoms with Crippen LogP contribution >= 0.6 is 12.6 Å². The minimum Gasteiger partial charge on any atom is -0.381 e. The first-order valence-corrected chi connectivity index (χ1v) is 8.66. The summed E-state index contributed by atoms with van der Waals surface area (Å²) in [6.07, 6.45) is 15.3. The van der Waals surface area contributed by atoms with Crippen LogP contribution in [-0.2, 0) is 4.74 Å². The molecule has 0 saturated heterocycles. The number of rotatable bonds is 5. The van der Waals surface area contributed by atoms with Crippen molar-refractivity contribution in [1.82, 2.24) is 0 Å². The van der Waals surface area contributed by atoms with E-state index in [1.54, 1.807) is 0 Å². The van der Waals surface area contributed by atoms with Crippen molar-refractivity contribution in [2.75, 3.05) is 19.0 Å². The Kier molecular flexibility index (Phi) is 6.37. The molecule has 0 spiro atoms. The summed E-state index contributed by atoms with van der Waals surface area (Å²) in [5.41, 5.74) is 0.397. The lowest BCUT2D eigenvalue weighted by molar-refractivity contribution is 0.0208. The highest BCUT2D eigenvalue weighted by molar-refractivity contribution is 7.80. The fraction of sp³-hybridized carbons (Fsp3) is 1.00. The Morgan fingerprint density at radius 2 is 1.50 bits per heavy atom. The summed E-state index contributed by atoms with van der Waals surface area (Å²) in [5, 5.41) is 0. The SMILES string of the molecule is SCC1(COCC2CCCCC2)CCCCCC1. The molecule has 0 bridgehead atoms. The van der Waals surface area contributed by atoms with Crippen LogP contribution in [-0.4, -0.2) is 19.0 Å². The van der Waals surface area contributed by atoms with Crippen LogP contribution in [0.3, 0.4) is 0 Å². The number of ether oxygens (including phenoxy) is 1. The van der Waals surface area contributed by atoms with Crippen molar-refractivity contribution in [2.24, 2.45) is 11.3 Å². The zero-order valence-corrected chi connectivity index (χ0v) is 12.7. The largest absolute Gasteiger partial charge is 0.381 e. The van der Waals surface area contributed by atoms with Gasteiger partial charge in [0.1, 0.15) is 0 Å². The minimum absolute atomic E-state index is 0.397. The predicted molar refractivity (Wildman–Crippen MR) is 81.4 cm³/mol. The molecular formula is C16H30OS. The smallest absolute Gasteiger partial charge is 0.0530 e. The van der Waals surface area contributed by atoms with Crippen LogP contribution in [0.2, 0.25) is 0 Å². The number of hydrogen-bond acceptors (Lipinski definition) is 2. The van der Waals surface area contributed by atoms with Gasteiger partial charge in [-0.3, -0.25) is 0 Å². The van der Waals surface area contributed by atoms with Crippen molar-refractivity contribution >= 4 is 12.6 Å². The highest BCUT2D eigenvalue weighted by atomic mass is 32.1. The Labute approximate surface area is 118 Å². The lowest BCUT2D eigenvalue weighted by Crippen LogP contribution is -2.30. The quantitative estimate of drug-likeness (QED) is 0.555. The molecule has 0 aromatic rings. The van der Waals surface area contributed by atoms with Crippen LogP contribution in [0.1, 0.15) is 70.6 Å². The molecule has 0 radical (unpaired) electrons. The molecule has 0 aliphatic heterocycles. The number of thiol groups is 1. The zero-order valence-electron chi connectivity index (χ0n) is 11.8. The molecule has 2 heteroatoms. The van der Waals surface area contributed by atoms with Gasteiger partial charge >= 0.3 is 0 Å². The van der Waals surface area contributed by atoms with Crippen molar-refractivity contribution in [3.05, 3.63) is 0 Å². The first-order chi connectivity index (χ1) is 8.85. The summed E-state index contributed by atoms with van der Waals surface area (Å²) < 4.78 is 6.11. The number of hydrogen-bond donors (Lipinski definition) is 1. The van der Waals surface area contributed by atoms with Gasteiger partial charge in [-0.05, 0) is 37.4 Å². The van der Waals surface area contributed by atoms with E-state index >= 15 is 0 Å². The highest BCUT2D eigenvalue weighted by Gasteiger charge is 2.30. The van der Waals surface area contributed by atoms with E-state index in [0.717, 1.165) is 24.9 Å². The van der Waals surface area contributed by atoms with Gasteiger partial charge in [-0.1, -0.05) is 44.9 Å². The molecule has 2 rings (SSSR count). The van der Waals surface area contributed by atoms with Gasteiger partial charge in [0.25, 0.3) is 0 Å². The molecule has 0 amide bonds. The summed E-state index contributed by atoms with van der Waals surface area (Å²) in [6.45, 7) is 1.97. The molecule has 2 aliphatic carbocycles. The van der Waals surface area contributed by atoms with Crippen molar-refractivity contribution in [2.45, 2.75) is 70.6 Å². The monoisotopic (exact) mass is 270 g/mol. The Morgan fingerprint density at radius 1 is 0.889 bits per heavy atom. The van der Waals surface area contributed by atoms with E-state index in [4.69, 9.17) is 4.74 Å². The second kappa shape index (κ2) is 7.79. The fourth-order valence-electron chi connectivity index (χ4n) is 3.62. The molecule has 0 unspecified atom stereocenters. The summed E-state index contributed by atoms with van der Waals surface area (Å²) in [7, 11) is 0. The highest BCUT2D eigenvalue weighted by Crippen LogP contribution is 2.36. The average Bonchev–Trinajstić information content (AvgIpc) is 2.66. The summed E-state index contributed by atoms with van der Waals surface area (Å²) in [4.78, 5) is 0. The van der Waals surface area contributed by atoms with Crippen LogP contribution in [0.15, 0.2) is 0 Å². The Bertz CT molecular complexity index is 215. The molecule has 2 fully saturated rings. The van der Waals surface area contributed by atoms with Gasteiger partial charge in [0.2, 0.25) is 0 Å². The van der Waals surface area contributed by atoms with Crippen LogP contribution < -0.4 is 0 Å². The third-order valence-electron chi connectivity index (χ3n) is 4.99. The van der Waals surface area contributed by atoms with Gasteiger partial charge in [-0.25, -0.2) is 0 Å². The summed E-state index contributed by atoms with van der Waals surface area (Å²) >= 11 is 4.62. The normalized spacial score (nSPS) is 25.8. The van der Waals surface area contributed by atoms with Crippen molar-refractivity contribution in [3.63, 3.8) is 0 Å². The third-order valence-corrected chi connectivity index (χ3v) is 5.66. The Morgan fingerprint density at radius 3 is 2.11 bits per heavy atom. The molecule has 1 nitrogen and oxygen atoms in total. The molecule has 2 aliphatic rings. The van der Waals surface area contributed by atoms with Crippen LogP contribution in [0.25, 0.3) is 0 Å². The maximum Gasteiger partial charge on any atom is 0.0530 e. The topological polar surface area (TPSA) is 9.23 Å². The fourth-order valence-corrected chi connectivity index (χ4v) is 4.03. The van der Waals surface area contributed by atoms with E-state index in [2.05, 4.69) is 12.6 Å². The van der Waals surface area contributed by atoms with Crippen LogP contribution in [0.4, 0.5) is 0 Å². The minimum atomic E-state index is 0.397. The molecule has 0 atom stereocenters. The molecule has 2 saturated carbocycles. The standard InChI is InChI=1S/C16H30OS/c18-14-16(10-6-1-2-7-11-16)13-17-12-15-8-4-3-5-9-15/h15,18H,1-14H2. The lowest BCUT2D eigenvalue weighted by atomic mass is 9.83. The maximum absolute atomic E-state index is 6.11. The van der Waals surface area contributed by atoms with Crippen molar-refractivity contribution in [3.8, 4) is 0 Å². The first kappa shape index (κ1) is 14.7. The maximum atomic E-state index is 6.11. The van der Waals surface area contributed by atoms with Gasteiger partial charge in [0.15, 0.2) is 0 Å². The van der Waals surface area contributed by atoms with Gasteiger partial charge in [0.05, 0.1) is 6.61 Å². The van der Waals surface area contributed by atoms with E-state index < -0.39 is 0 Å². The molecule has 18 heavy (non-hydrogen) atoms. The lowest BCUT2D eigenvalue weighted by Gasteiger charge is -2.32. The summed E-state index contributed by atoms with van der Waals surface area (Å²) in [6, 6.07) is 0. The zero-order chi connectivity index (χ0) is 12.7. The summed E-state index contributed by atoms with van der Waals surface area (Å²) in [5.74, 6) is 1.86. The van der Waals surface area contributed by atoms with E-state index in [9.17, 15) is 0 Å². The third kappa shape index (κ3) is 4.45. The Hall–Kier alpha value is 0.310. The molecule has 0 heterocycles. The van der Waals surface area contributed by atoms with Gasteiger partial charge in [-0.2, -0.15) is 12.6 Å². The van der Waals surface area contributed by atoms with E-state index in [1.165, 1.54) is 70.6 Å².